The lowest BCUT2D eigenvalue weighted by molar-refractivity contribution is 0.120. The molecule has 0 amide bonds. The molecule has 1 fully saturated rings. The van der Waals surface area contributed by atoms with Crippen LogP contribution in [-0.2, 0) is 17.8 Å². The van der Waals surface area contributed by atoms with Gasteiger partial charge in [0.15, 0.2) is 0 Å². The number of nitrogens with one attached hydrogen (secondary N) is 1. The monoisotopic (exact) mass is 354 g/mol. The third kappa shape index (κ3) is 4.14. The number of nitrogens with zero attached hydrogens (tertiary/aromatic N) is 5. The molecule has 0 spiro atoms. The lowest BCUT2D eigenvalue weighted by Crippen LogP contribution is -2.20. The second-order valence-corrected chi connectivity index (χ2v) is 6.69. The molecule has 3 heterocycles. The fraction of sp³-hybridized carbons (Fsp3) is 0.444. The number of hydrogen-bond donors (Lipinski definition) is 1. The molecule has 1 aromatic carbocycles. The zero-order valence-electron chi connectivity index (χ0n) is 14.8. The number of benzene rings is 1. The molecule has 0 radical (unpaired) electrons. The first kappa shape index (κ1) is 16.9. The quantitative estimate of drug-likeness (QED) is 0.691. The van der Waals surface area contributed by atoms with Crippen molar-refractivity contribution in [2.75, 3.05) is 25.5 Å². The van der Waals surface area contributed by atoms with E-state index in [1.165, 1.54) is 0 Å². The van der Waals surface area contributed by atoms with E-state index in [2.05, 4.69) is 37.5 Å². The Hall–Kier alpha value is -2.58. The summed E-state index contributed by atoms with van der Waals surface area (Å²) in [5.74, 6) is 0.649. The van der Waals surface area contributed by atoms with E-state index >= 15 is 0 Å². The molecule has 1 atom stereocenters. The van der Waals surface area contributed by atoms with Crippen molar-refractivity contribution in [1.29, 1.82) is 0 Å². The highest BCUT2D eigenvalue weighted by atomic mass is 16.6. The predicted octanol–water partition coefficient (Wildman–Crippen LogP) is 2.24. The Labute approximate surface area is 151 Å². The molecular formula is C18H22N6O2. The standard InChI is InChI=1S/C18H22N6O2/c1-24(11-13-4-5-16-17(7-13)23-26-22-16)12-14-8-19-18(20-9-14)21-10-15-3-2-6-25-15/h4-5,7-9,15H,2-3,6,10-12H2,1H3,(H,19,20,21). The van der Waals surface area contributed by atoms with Gasteiger partial charge in [-0.15, -0.1) is 0 Å². The summed E-state index contributed by atoms with van der Waals surface area (Å²) in [5, 5.41) is 10.9. The topological polar surface area (TPSA) is 89.2 Å². The van der Waals surface area contributed by atoms with Gasteiger partial charge in [0.2, 0.25) is 5.95 Å². The molecule has 1 unspecified atom stereocenters. The third-order valence-electron chi connectivity index (χ3n) is 4.44. The van der Waals surface area contributed by atoms with E-state index in [-0.39, 0.29) is 6.10 Å². The summed E-state index contributed by atoms with van der Waals surface area (Å²) in [7, 11) is 2.06. The van der Waals surface area contributed by atoms with Crippen LogP contribution >= 0.6 is 0 Å². The number of fused-ring (bicyclic) bond motifs is 1. The van der Waals surface area contributed by atoms with Gasteiger partial charge in [-0.3, -0.25) is 4.90 Å². The van der Waals surface area contributed by atoms with Gasteiger partial charge in [0.25, 0.3) is 0 Å². The fourth-order valence-electron chi connectivity index (χ4n) is 3.14. The molecule has 0 saturated carbocycles. The number of rotatable bonds is 7. The van der Waals surface area contributed by atoms with Crippen LogP contribution in [0.2, 0.25) is 0 Å². The minimum Gasteiger partial charge on any atom is -0.376 e. The minimum atomic E-state index is 0.279. The smallest absolute Gasteiger partial charge is 0.222 e. The van der Waals surface area contributed by atoms with Crippen molar-refractivity contribution in [3.8, 4) is 0 Å². The van der Waals surface area contributed by atoms with E-state index < -0.39 is 0 Å². The maximum Gasteiger partial charge on any atom is 0.222 e. The zero-order chi connectivity index (χ0) is 17.8. The number of hydrogen-bond acceptors (Lipinski definition) is 8. The summed E-state index contributed by atoms with van der Waals surface area (Å²) in [5.41, 5.74) is 3.78. The molecule has 2 aromatic heterocycles. The van der Waals surface area contributed by atoms with Crippen LogP contribution in [0.3, 0.4) is 0 Å². The van der Waals surface area contributed by atoms with Crippen molar-refractivity contribution in [2.45, 2.75) is 32.0 Å². The SMILES string of the molecule is CN(Cc1cnc(NCC2CCCO2)nc1)Cc1ccc2nonc2c1. The first-order chi connectivity index (χ1) is 12.8. The molecule has 1 N–H and O–H groups in total. The van der Waals surface area contributed by atoms with E-state index in [1.807, 2.05) is 30.6 Å². The highest BCUT2D eigenvalue weighted by Gasteiger charge is 2.15. The van der Waals surface area contributed by atoms with Gasteiger partial charge in [-0.05, 0) is 47.9 Å². The fourth-order valence-corrected chi connectivity index (χ4v) is 3.14. The van der Waals surface area contributed by atoms with Gasteiger partial charge in [-0.1, -0.05) is 6.07 Å². The summed E-state index contributed by atoms with van der Waals surface area (Å²) in [6.07, 6.45) is 6.25. The highest BCUT2D eigenvalue weighted by Crippen LogP contribution is 2.15. The van der Waals surface area contributed by atoms with Crippen LogP contribution in [0, 0.1) is 0 Å². The lowest BCUT2D eigenvalue weighted by atomic mass is 10.2. The van der Waals surface area contributed by atoms with Crippen molar-refractivity contribution in [3.63, 3.8) is 0 Å². The second-order valence-electron chi connectivity index (χ2n) is 6.69. The Kier molecular flexibility index (Phi) is 5.03. The molecule has 8 heteroatoms. The van der Waals surface area contributed by atoms with Gasteiger partial charge in [0.05, 0.1) is 6.10 Å². The molecule has 0 bridgehead atoms. The molecule has 136 valence electrons. The molecule has 1 aliphatic rings. The first-order valence-corrected chi connectivity index (χ1v) is 8.82. The largest absolute Gasteiger partial charge is 0.376 e. The van der Waals surface area contributed by atoms with Crippen LogP contribution in [0.5, 0.6) is 0 Å². The first-order valence-electron chi connectivity index (χ1n) is 8.82. The normalized spacial score (nSPS) is 17.2. The van der Waals surface area contributed by atoms with E-state index in [0.717, 1.165) is 61.2 Å². The number of ether oxygens (including phenoxy) is 1. The van der Waals surface area contributed by atoms with E-state index in [4.69, 9.17) is 9.37 Å². The minimum absolute atomic E-state index is 0.279. The van der Waals surface area contributed by atoms with Crippen LogP contribution in [0.25, 0.3) is 11.0 Å². The Morgan fingerprint density at radius 2 is 1.92 bits per heavy atom. The van der Waals surface area contributed by atoms with Gasteiger partial charge in [0, 0.05) is 44.2 Å². The van der Waals surface area contributed by atoms with Crippen LogP contribution in [0.1, 0.15) is 24.0 Å². The maximum absolute atomic E-state index is 5.59. The Bertz CT molecular complexity index is 844. The molecule has 26 heavy (non-hydrogen) atoms. The van der Waals surface area contributed by atoms with Crippen LogP contribution in [0.4, 0.5) is 5.95 Å². The predicted molar refractivity (Wildman–Crippen MR) is 96.5 cm³/mol. The van der Waals surface area contributed by atoms with Gasteiger partial charge in [-0.2, -0.15) is 0 Å². The van der Waals surface area contributed by atoms with Crippen LogP contribution < -0.4 is 5.32 Å². The number of anilines is 1. The van der Waals surface area contributed by atoms with Gasteiger partial charge >= 0.3 is 0 Å². The third-order valence-corrected chi connectivity index (χ3v) is 4.44. The molecule has 4 rings (SSSR count). The summed E-state index contributed by atoms with van der Waals surface area (Å²) in [6, 6.07) is 5.96. The van der Waals surface area contributed by atoms with Crippen molar-refractivity contribution >= 4 is 17.0 Å². The van der Waals surface area contributed by atoms with E-state index in [0.29, 0.717) is 5.95 Å². The zero-order valence-corrected chi connectivity index (χ0v) is 14.8. The second kappa shape index (κ2) is 7.76. The summed E-state index contributed by atoms with van der Waals surface area (Å²) in [6.45, 7) is 3.18. The molecular weight excluding hydrogens is 332 g/mol. The average Bonchev–Trinajstić information content (AvgIpc) is 3.32. The van der Waals surface area contributed by atoms with E-state index in [9.17, 15) is 0 Å². The van der Waals surface area contributed by atoms with Crippen molar-refractivity contribution in [3.05, 3.63) is 41.7 Å². The molecule has 8 nitrogen and oxygen atoms in total. The lowest BCUT2D eigenvalue weighted by Gasteiger charge is -2.16. The Balaban J connectivity index is 1.29. The summed E-state index contributed by atoms with van der Waals surface area (Å²) >= 11 is 0. The molecule has 3 aromatic rings. The van der Waals surface area contributed by atoms with Crippen molar-refractivity contribution in [2.24, 2.45) is 0 Å². The highest BCUT2D eigenvalue weighted by molar-refractivity contribution is 5.73. The Morgan fingerprint density at radius 3 is 2.73 bits per heavy atom. The van der Waals surface area contributed by atoms with Crippen molar-refractivity contribution < 1.29 is 9.37 Å². The van der Waals surface area contributed by atoms with Crippen LogP contribution in [0.15, 0.2) is 35.2 Å². The van der Waals surface area contributed by atoms with Crippen LogP contribution in [-0.4, -0.2) is 51.5 Å². The summed E-state index contributed by atoms with van der Waals surface area (Å²) in [4.78, 5) is 11.0. The molecule has 1 saturated heterocycles. The van der Waals surface area contributed by atoms with Gasteiger partial charge in [-0.25, -0.2) is 14.6 Å². The average molecular weight is 354 g/mol. The molecule has 0 aliphatic carbocycles. The van der Waals surface area contributed by atoms with Gasteiger partial charge < -0.3 is 10.1 Å². The van der Waals surface area contributed by atoms with E-state index in [1.54, 1.807) is 0 Å². The Morgan fingerprint density at radius 1 is 1.12 bits per heavy atom. The molecule has 1 aliphatic heterocycles. The van der Waals surface area contributed by atoms with Crippen molar-refractivity contribution in [1.82, 2.24) is 25.2 Å². The summed E-state index contributed by atoms with van der Waals surface area (Å²) < 4.78 is 10.3. The number of aromatic nitrogens is 4. The van der Waals surface area contributed by atoms with Gasteiger partial charge in [0.1, 0.15) is 11.0 Å². The maximum atomic E-state index is 5.59.